The molecule has 1 N–H and O–H groups in total. The highest BCUT2D eigenvalue weighted by molar-refractivity contribution is 5.89. The molecule has 0 aliphatic heterocycles. The molecule has 1 aromatic heterocycles. The summed E-state index contributed by atoms with van der Waals surface area (Å²) in [5, 5.41) is 17.2. The molecule has 0 aliphatic carbocycles. The molecule has 0 aliphatic rings. The lowest BCUT2D eigenvalue weighted by molar-refractivity contribution is -0.123. The number of nitrogens with zero attached hydrogens (tertiary/aromatic N) is 4. The Morgan fingerprint density at radius 1 is 1.28 bits per heavy atom. The fourth-order valence-electron chi connectivity index (χ4n) is 2.54. The van der Waals surface area contributed by atoms with Crippen molar-refractivity contribution in [2.75, 3.05) is 6.61 Å². The summed E-state index contributed by atoms with van der Waals surface area (Å²) in [4.78, 5) is 11.9. The number of hydrogen-bond acceptors (Lipinski definition) is 5. The normalized spacial score (nSPS) is 10.6. The summed E-state index contributed by atoms with van der Waals surface area (Å²) >= 11 is 0. The van der Waals surface area contributed by atoms with Crippen molar-refractivity contribution in [1.29, 1.82) is 5.26 Å². The van der Waals surface area contributed by atoms with Gasteiger partial charge in [0.05, 0.1) is 25.2 Å². The van der Waals surface area contributed by atoms with E-state index in [1.54, 1.807) is 16.9 Å². The maximum Gasteiger partial charge on any atom is 0.277 e. The Balaban J connectivity index is 1.65. The van der Waals surface area contributed by atoms with E-state index in [4.69, 9.17) is 10.00 Å². The van der Waals surface area contributed by atoms with Gasteiger partial charge in [0.15, 0.2) is 6.61 Å². The minimum atomic E-state index is -0.483. The molecule has 0 saturated carbocycles. The number of aromatic nitrogens is 2. The number of hydrazone groups is 1. The smallest absolute Gasteiger partial charge is 0.277 e. The van der Waals surface area contributed by atoms with E-state index in [0.29, 0.717) is 24.2 Å². The van der Waals surface area contributed by atoms with Crippen molar-refractivity contribution < 1.29 is 13.9 Å². The van der Waals surface area contributed by atoms with Crippen LogP contribution < -0.4 is 10.2 Å². The largest absolute Gasteiger partial charge is 0.484 e. The van der Waals surface area contributed by atoms with E-state index >= 15 is 0 Å². The first-order valence-electron chi connectivity index (χ1n) is 8.86. The van der Waals surface area contributed by atoms with Crippen LogP contribution in [-0.2, 0) is 11.3 Å². The van der Waals surface area contributed by atoms with Crippen molar-refractivity contribution in [3.05, 3.63) is 72.2 Å². The van der Waals surface area contributed by atoms with Gasteiger partial charge in [-0.15, -0.1) is 0 Å². The van der Waals surface area contributed by atoms with Gasteiger partial charge in [0.1, 0.15) is 17.3 Å². The lowest BCUT2D eigenvalue weighted by Crippen LogP contribution is -2.24. The summed E-state index contributed by atoms with van der Waals surface area (Å²) in [7, 11) is 0. The Kier molecular flexibility index (Phi) is 6.68. The summed E-state index contributed by atoms with van der Waals surface area (Å²) in [6, 6.07) is 17.2. The quantitative estimate of drug-likeness (QED) is 0.472. The van der Waals surface area contributed by atoms with E-state index in [1.165, 1.54) is 24.4 Å². The van der Waals surface area contributed by atoms with Crippen molar-refractivity contribution in [3.63, 3.8) is 0 Å². The summed E-state index contributed by atoms with van der Waals surface area (Å²) in [6.45, 7) is 0.159. The molecule has 2 aromatic carbocycles. The number of carbonyl (C=O) groups is 1. The highest BCUT2D eigenvalue weighted by Gasteiger charge is 2.10. The molecular weight excluding hydrogens is 373 g/mol. The Bertz CT molecular complexity index is 1040. The molecule has 146 valence electrons. The standard InChI is InChI=1S/C21H18FN5O2/c22-18-8-4-9-19(12-18)29-15-20(28)25-24-13-17-14-27(11-5-10-23)26-21(17)16-6-2-1-3-7-16/h1-4,6-9,12-14H,5,11,15H2,(H,25,28)/b24-13-. The van der Waals surface area contributed by atoms with Gasteiger partial charge in [0, 0.05) is 23.4 Å². The number of nitriles is 1. The van der Waals surface area contributed by atoms with Crippen molar-refractivity contribution in [2.45, 2.75) is 13.0 Å². The predicted octanol–water partition coefficient (Wildman–Crippen LogP) is 3.13. The molecule has 7 nitrogen and oxygen atoms in total. The SMILES string of the molecule is N#CCCn1cc(/C=N\NC(=O)COc2cccc(F)c2)c(-c2ccccc2)n1. The Morgan fingerprint density at radius 3 is 2.86 bits per heavy atom. The molecule has 29 heavy (non-hydrogen) atoms. The molecule has 0 saturated heterocycles. The zero-order chi connectivity index (χ0) is 20.5. The van der Waals surface area contributed by atoms with Crippen molar-refractivity contribution in [1.82, 2.24) is 15.2 Å². The highest BCUT2D eigenvalue weighted by Crippen LogP contribution is 2.20. The number of aryl methyl sites for hydroxylation is 1. The van der Waals surface area contributed by atoms with E-state index in [9.17, 15) is 9.18 Å². The average Bonchev–Trinajstić information content (AvgIpc) is 3.14. The van der Waals surface area contributed by atoms with Gasteiger partial charge in [0.25, 0.3) is 5.91 Å². The van der Waals surface area contributed by atoms with E-state index in [-0.39, 0.29) is 12.4 Å². The van der Waals surface area contributed by atoms with Gasteiger partial charge in [-0.3, -0.25) is 9.48 Å². The molecule has 3 rings (SSSR count). The van der Waals surface area contributed by atoms with Crippen LogP contribution >= 0.6 is 0 Å². The second-order valence-electron chi connectivity index (χ2n) is 6.01. The zero-order valence-corrected chi connectivity index (χ0v) is 15.5. The Morgan fingerprint density at radius 2 is 2.10 bits per heavy atom. The van der Waals surface area contributed by atoms with Gasteiger partial charge in [-0.05, 0) is 12.1 Å². The minimum absolute atomic E-state index is 0.259. The number of amides is 1. The lowest BCUT2D eigenvalue weighted by Gasteiger charge is -2.04. The summed E-state index contributed by atoms with van der Waals surface area (Å²) in [5.41, 5.74) is 4.65. The van der Waals surface area contributed by atoms with Gasteiger partial charge >= 0.3 is 0 Å². The fraction of sp³-hybridized carbons (Fsp3) is 0.143. The molecule has 1 heterocycles. The molecule has 0 radical (unpaired) electrons. The molecule has 0 spiro atoms. The number of halogens is 1. The molecule has 8 heteroatoms. The second-order valence-corrected chi connectivity index (χ2v) is 6.01. The average molecular weight is 391 g/mol. The number of nitrogens with one attached hydrogen (secondary N) is 1. The van der Waals surface area contributed by atoms with Crippen LogP contribution in [0, 0.1) is 17.1 Å². The third kappa shape index (κ3) is 5.74. The molecule has 0 fully saturated rings. The van der Waals surface area contributed by atoms with Crippen molar-refractivity contribution in [2.24, 2.45) is 5.10 Å². The lowest BCUT2D eigenvalue weighted by atomic mass is 10.1. The first-order valence-corrected chi connectivity index (χ1v) is 8.86. The Labute approximate surface area is 167 Å². The van der Waals surface area contributed by atoms with Crippen LogP contribution in [0.1, 0.15) is 12.0 Å². The fourth-order valence-corrected chi connectivity index (χ4v) is 2.54. The first kappa shape index (κ1) is 19.8. The van der Waals surface area contributed by atoms with E-state index in [2.05, 4.69) is 21.7 Å². The van der Waals surface area contributed by atoms with Gasteiger partial charge in [-0.1, -0.05) is 36.4 Å². The first-order chi connectivity index (χ1) is 14.2. The maximum absolute atomic E-state index is 13.1. The third-order valence-electron chi connectivity index (χ3n) is 3.85. The molecule has 1 amide bonds. The van der Waals surface area contributed by atoms with Crippen LogP contribution in [0.5, 0.6) is 5.75 Å². The van der Waals surface area contributed by atoms with Gasteiger partial charge in [0.2, 0.25) is 0 Å². The van der Waals surface area contributed by atoms with Crippen LogP contribution in [0.2, 0.25) is 0 Å². The number of ether oxygens (including phenoxy) is 1. The third-order valence-corrected chi connectivity index (χ3v) is 3.85. The summed E-state index contributed by atoms with van der Waals surface area (Å²) in [5.74, 6) is -0.666. The molecule has 0 bridgehead atoms. The molecule has 0 atom stereocenters. The molecule has 0 unspecified atom stereocenters. The van der Waals surface area contributed by atoms with Crippen LogP contribution in [0.4, 0.5) is 4.39 Å². The zero-order valence-electron chi connectivity index (χ0n) is 15.5. The van der Waals surface area contributed by atoms with E-state index in [1.807, 2.05) is 30.3 Å². The van der Waals surface area contributed by atoms with Crippen molar-refractivity contribution >= 4 is 12.1 Å². The maximum atomic E-state index is 13.1. The predicted molar refractivity (Wildman–Crippen MR) is 106 cm³/mol. The van der Waals surface area contributed by atoms with E-state index in [0.717, 1.165) is 5.56 Å². The number of rotatable bonds is 8. The van der Waals surface area contributed by atoms with Gasteiger partial charge in [-0.2, -0.15) is 15.5 Å². The number of carbonyl (C=O) groups excluding carboxylic acids is 1. The van der Waals surface area contributed by atoms with Gasteiger partial charge in [-0.25, -0.2) is 9.82 Å². The topological polar surface area (TPSA) is 92.3 Å². The van der Waals surface area contributed by atoms with Crippen LogP contribution in [0.15, 0.2) is 65.9 Å². The van der Waals surface area contributed by atoms with Gasteiger partial charge < -0.3 is 4.74 Å². The monoisotopic (exact) mass is 391 g/mol. The van der Waals surface area contributed by atoms with Crippen LogP contribution in [-0.4, -0.2) is 28.5 Å². The van der Waals surface area contributed by atoms with Crippen LogP contribution in [0.3, 0.4) is 0 Å². The molecule has 3 aromatic rings. The second kappa shape index (κ2) is 9.80. The number of hydrogen-bond donors (Lipinski definition) is 1. The number of benzene rings is 2. The summed E-state index contributed by atoms with van der Waals surface area (Å²) < 4.78 is 20.0. The van der Waals surface area contributed by atoms with Crippen LogP contribution in [0.25, 0.3) is 11.3 Å². The molecular formula is C21H18FN5O2. The Hall–Kier alpha value is -3.99. The van der Waals surface area contributed by atoms with Crippen molar-refractivity contribution in [3.8, 4) is 23.1 Å². The minimum Gasteiger partial charge on any atom is -0.484 e. The highest BCUT2D eigenvalue weighted by atomic mass is 19.1. The van der Waals surface area contributed by atoms with E-state index < -0.39 is 11.7 Å². The summed E-state index contributed by atoms with van der Waals surface area (Å²) in [6.07, 6.45) is 3.58.